The number of para-hydroxylation sites is 1. The van der Waals surface area contributed by atoms with E-state index in [0.29, 0.717) is 33.3 Å². The molecule has 0 saturated heterocycles. The fourth-order valence-electron chi connectivity index (χ4n) is 8.00. The van der Waals surface area contributed by atoms with Crippen molar-refractivity contribution in [2.24, 2.45) is 5.73 Å². The van der Waals surface area contributed by atoms with Gasteiger partial charge in [-0.05, 0) is 92.5 Å². The van der Waals surface area contributed by atoms with Gasteiger partial charge < -0.3 is 73.3 Å². The highest BCUT2D eigenvalue weighted by Gasteiger charge is 2.35. The number of carboxylic acid groups (broad SMARTS) is 2. The van der Waals surface area contributed by atoms with Crippen LogP contribution in [0.2, 0.25) is 0 Å². The van der Waals surface area contributed by atoms with E-state index in [1.54, 1.807) is 94.1 Å². The van der Waals surface area contributed by atoms with Crippen LogP contribution in [0.1, 0.15) is 63.1 Å². The first-order valence-electron chi connectivity index (χ1n) is 25.5. The molecule has 9 amide bonds. The number of ether oxygens (including phenoxy) is 1. The average molecular weight is 1160 g/mol. The molecule has 3 aromatic carbocycles. The summed E-state index contributed by atoms with van der Waals surface area (Å²) >= 11 is 2.64. The monoisotopic (exact) mass is 1160 g/mol. The van der Waals surface area contributed by atoms with Crippen LogP contribution in [0.4, 0.5) is 4.79 Å². The third-order valence-corrected chi connectivity index (χ3v) is 13.3. The van der Waals surface area contributed by atoms with E-state index in [9.17, 15) is 68.1 Å². The van der Waals surface area contributed by atoms with E-state index < -0.39 is 133 Å². The second-order valence-electron chi connectivity index (χ2n) is 19.6. The Balaban J connectivity index is 1.55. The van der Waals surface area contributed by atoms with Crippen molar-refractivity contribution < 1.29 is 72.8 Å². The highest BCUT2D eigenvalue weighted by molar-refractivity contribution is 7.98. The van der Waals surface area contributed by atoms with Gasteiger partial charge in [0.25, 0.3) is 0 Å². The number of phenols is 1. The number of nitrogens with one attached hydrogen (secondary N) is 9. The number of rotatable bonds is 32. The van der Waals surface area contributed by atoms with Crippen LogP contribution < -0.4 is 48.3 Å². The minimum absolute atomic E-state index is 0.00155. The lowest BCUT2D eigenvalue weighted by Crippen LogP contribution is -2.59. The first kappa shape index (κ1) is 65.2. The van der Waals surface area contributed by atoms with Crippen molar-refractivity contribution in [1.29, 1.82) is 0 Å². The maximum atomic E-state index is 14.4. The molecule has 0 aliphatic rings. The van der Waals surface area contributed by atoms with Crippen LogP contribution in [0, 0.1) is 0 Å². The van der Waals surface area contributed by atoms with E-state index in [0.717, 1.165) is 0 Å². The number of amides is 9. The molecule has 14 N–H and O–H groups in total. The molecule has 25 nitrogen and oxygen atoms in total. The van der Waals surface area contributed by atoms with Gasteiger partial charge in [-0.2, -0.15) is 23.5 Å². The van der Waals surface area contributed by atoms with E-state index in [1.807, 2.05) is 0 Å². The summed E-state index contributed by atoms with van der Waals surface area (Å²) in [7, 11) is 0. The predicted molar refractivity (Wildman–Crippen MR) is 301 cm³/mol. The number of aromatic amines is 1. The Labute approximate surface area is 475 Å². The zero-order chi connectivity index (χ0) is 59.8. The van der Waals surface area contributed by atoms with Crippen LogP contribution in [0.3, 0.4) is 0 Å². The Kier molecular flexibility index (Phi) is 25.8. The van der Waals surface area contributed by atoms with Gasteiger partial charge in [-0.1, -0.05) is 60.7 Å². The molecule has 7 atom stereocenters. The normalized spacial score (nSPS) is 13.7. The van der Waals surface area contributed by atoms with E-state index in [-0.39, 0.29) is 43.6 Å². The molecule has 0 aliphatic carbocycles. The molecule has 0 radical (unpaired) electrons. The van der Waals surface area contributed by atoms with Gasteiger partial charge in [-0.3, -0.25) is 47.9 Å². The lowest BCUT2D eigenvalue weighted by atomic mass is 10.0. The van der Waals surface area contributed by atoms with Crippen molar-refractivity contribution in [2.75, 3.05) is 30.6 Å². The number of H-pyrrole nitrogens is 1. The number of carbonyl (C=O) groups is 11. The fraction of sp³-hybridized carbons (Fsp3) is 0.426. The Hall–Kier alpha value is -8.33. The highest BCUT2D eigenvalue weighted by Crippen LogP contribution is 2.20. The molecule has 81 heavy (non-hydrogen) atoms. The lowest BCUT2D eigenvalue weighted by Gasteiger charge is -2.26. The molecule has 0 bridgehead atoms. The van der Waals surface area contributed by atoms with Gasteiger partial charge in [0.2, 0.25) is 47.3 Å². The first-order chi connectivity index (χ1) is 38.3. The number of hydrogen-bond acceptors (Lipinski definition) is 15. The summed E-state index contributed by atoms with van der Waals surface area (Å²) in [6.07, 6.45) is 1.73. The topological polar surface area (TPSA) is 396 Å². The molecule has 1 unspecified atom stereocenters. The Morgan fingerprint density at radius 2 is 1.01 bits per heavy atom. The number of thioether (sulfide) groups is 2. The smallest absolute Gasteiger partial charge is 0.408 e. The quantitative estimate of drug-likeness (QED) is 0.0321. The lowest BCUT2D eigenvalue weighted by molar-refractivity contribution is -0.141. The molecule has 0 aliphatic heterocycles. The van der Waals surface area contributed by atoms with Gasteiger partial charge in [-0.15, -0.1) is 0 Å². The number of aromatic hydroxyl groups is 1. The van der Waals surface area contributed by atoms with Crippen molar-refractivity contribution in [3.63, 3.8) is 0 Å². The number of primary amides is 1. The van der Waals surface area contributed by atoms with Gasteiger partial charge in [0.05, 0.1) is 19.4 Å². The number of nitrogens with two attached hydrogens (primary N) is 1. The standard InChI is InChI=1S/C54H70N10O15S2/c1-54(2,3)79-53(78)64-42(27-45(69)70)52(77)62-39(24-31-15-17-33(65)18-16-31)49(74)59-36(19-21-80-4)47(72)57-29-43(66)58-40(25-32-28-56-35-14-10-9-13-34(32)35)50(75)60-37(20-22-81-5)48(73)63-41(26-44(67)68)51(76)61-38(46(55)71)23-30-11-7-6-8-12-30/h6-18,28,36-42,56,65H,19-27,29H2,1-5H3,(H2,55,71)(H,57,72)(H,58,66)(H,59,74)(H,60,75)(H,61,76)(H,62,77)(H,63,73)(H,64,78)(H,67,68)(H,69,70)/t36-,37?,38-,39-,40-,41-,42-/m0/s1. The van der Waals surface area contributed by atoms with E-state index in [2.05, 4.69) is 47.5 Å². The Morgan fingerprint density at radius 3 is 1.57 bits per heavy atom. The Morgan fingerprint density at radius 1 is 0.556 bits per heavy atom. The summed E-state index contributed by atoms with van der Waals surface area (Å²) < 4.78 is 5.20. The average Bonchev–Trinajstić information content (AvgIpc) is 3.82. The molecule has 1 aromatic heterocycles. The zero-order valence-corrected chi connectivity index (χ0v) is 47.0. The summed E-state index contributed by atoms with van der Waals surface area (Å²) in [4.78, 5) is 150. The summed E-state index contributed by atoms with van der Waals surface area (Å²) in [6, 6.07) is 10.9. The van der Waals surface area contributed by atoms with Crippen molar-refractivity contribution in [2.45, 2.75) is 114 Å². The van der Waals surface area contributed by atoms with Gasteiger partial charge in [0.1, 0.15) is 53.6 Å². The minimum atomic E-state index is -1.73. The SMILES string of the molecule is CSCCC(NC(=O)[C@H](Cc1c[nH]c2ccccc12)NC(=O)CNC(=O)[C@H](CCSC)NC(=O)[C@H](Cc1ccc(O)cc1)NC(=O)[C@H](CC(=O)O)NC(=O)OC(C)(C)C)C(=O)N[C@@H](CC(=O)O)C(=O)N[C@@H](Cc1ccccc1)C(N)=O. The zero-order valence-electron chi connectivity index (χ0n) is 45.3. The third kappa shape index (κ3) is 22.7. The Bertz CT molecular complexity index is 2850. The maximum absolute atomic E-state index is 14.4. The molecular weight excluding hydrogens is 1090 g/mol. The van der Waals surface area contributed by atoms with Crippen LogP contribution in [0.25, 0.3) is 10.9 Å². The van der Waals surface area contributed by atoms with Crippen molar-refractivity contribution in [3.05, 3.63) is 102 Å². The number of fused-ring (bicyclic) bond motifs is 1. The van der Waals surface area contributed by atoms with Gasteiger partial charge in [-0.25, -0.2) is 4.79 Å². The predicted octanol–water partition coefficient (Wildman–Crippen LogP) is 0.761. The molecule has 4 rings (SSSR count). The molecule has 1 heterocycles. The maximum Gasteiger partial charge on any atom is 0.408 e. The molecule has 27 heteroatoms. The summed E-state index contributed by atoms with van der Waals surface area (Å²) in [6.45, 7) is 3.92. The largest absolute Gasteiger partial charge is 0.508 e. The molecule has 4 aromatic rings. The number of aliphatic carboxylic acids is 2. The number of carboxylic acids is 2. The van der Waals surface area contributed by atoms with Crippen LogP contribution in [0.5, 0.6) is 5.75 Å². The molecule has 0 spiro atoms. The molecule has 0 fully saturated rings. The number of hydrogen-bond donors (Lipinski definition) is 13. The number of alkyl carbamates (subject to hydrolysis) is 1. The molecule has 0 saturated carbocycles. The van der Waals surface area contributed by atoms with Crippen LogP contribution in [-0.4, -0.2) is 164 Å². The van der Waals surface area contributed by atoms with E-state index in [4.69, 9.17) is 10.5 Å². The summed E-state index contributed by atoms with van der Waals surface area (Å²) in [5, 5.41) is 49.8. The number of phenolic OH excluding ortho intramolecular Hbond substituents is 1. The van der Waals surface area contributed by atoms with Crippen LogP contribution in [-0.2, 0) is 71.9 Å². The third-order valence-electron chi connectivity index (χ3n) is 12.0. The van der Waals surface area contributed by atoms with Crippen molar-refractivity contribution in [3.8, 4) is 5.75 Å². The highest BCUT2D eigenvalue weighted by atomic mass is 32.2. The van der Waals surface area contributed by atoms with Gasteiger partial charge >= 0.3 is 18.0 Å². The van der Waals surface area contributed by atoms with Crippen molar-refractivity contribution in [1.82, 2.24) is 47.5 Å². The summed E-state index contributed by atoms with van der Waals surface area (Å²) in [5.74, 6) is -9.96. The van der Waals surface area contributed by atoms with Crippen LogP contribution >= 0.6 is 23.5 Å². The number of benzene rings is 3. The van der Waals surface area contributed by atoms with Crippen LogP contribution in [0.15, 0.2) is 85.1 Å². The summed E-state index contributed by atoms with van der Waals surface area (Å²) in [5.41, 5.74) is 6.91. The van der Waals surface area contributed by atoms with Crippen molar-refractivity contribution >= 4 is 99.7 Å². The van der Waals surface area contributed by atoms with E-state index in [1.165, 1.54) is 47.8 Å². The minimum Gasteiger partial charge on any atom is -0.508 e. The van der Waals surface area contributed by atoms with Gasteiger partial charge in [0.15, 0.2) is 0 Å². The second kappa shape index (κ2) is 32.1. The molecular formula is C54H70N10O15S2. The first-order valence-corrected chi connectivity index (χ1v) is 28.3. The van der Waals surface area contributed by atoms with Gasteiger partial charge in [0, 0.05) is 36.4 Å². The molecule has 438 valence electrons. The number of aromatic nitrogens is 1. The van der Waals surface area contributed by atoms with E-state index >= 15 is 0 Å². The number of carbonyl (C=O) groups excluding carboxylic acids is 9. The fourth-order valence-corrected chi connectivity index (χ4v) is 8.95. The second-order valence-corrected chi connectivity index (χ2v) is 21.6.